The Morgan fingerprint density at radius 2 is 2.08 bits per heavy atom. The second-order valence-corrected chi connectivity index (χ2v) is 5.63. The van der Waals surface area contributed by atoms with Crippen LogP contribution in [0.15, 0.2) is 35.7 Å². The lowest BCUT2D eigenvalue weighted by Gasteiger charge is -2.31. The number of aliphatic hydroxyl groups excluding tert-OH is 1. The summed E-state index contributed by atoms with van der Waals surface area (Å²) in [6, 6.07) is 4.89. The molecule has 0 unspecified atom stereocenters. The molecular formula is C18H19FN4O2. The molecule has 1 N–H and O–H groups in total. The normalized spacial score (nSPS) is 13.6. The van der Waals surface area contributed by atoms with Crippen molar-refractivity contribution in [3.8, 4) is 11.1 Å². The van der Waals surface area contributed by atoms with Crippen molar-refractivity contribution >= 4 is 11.7 Å². The van der Waals surface area contributed by atoms with Gasteiger partial charge in [-0.3, -0.25) is 0 Å². The first-order chi connectivity index (χ1) is 12.2. The quantitative estimate of drug-likeness (QED) is 0.618. The monoisotopic (exact) mass is 342 g/mol. The van der Waals surface area contributed by atoms with Crippen LogP contribution in [0.1, 0.15) is 12.0 Å². The molecule has 1 fully saturated rings. The van der Waals surface area contributed by atoms with Crippen molar-refractivity contribution in [3.63, 3.8) is 0 Å². The van der Waals surface area contributed by atoms with Crippen LogP contribution >= 0.6 is 0 Å². The number of unbranched alkanes of at least 4 members (excludes halogenated alkanes) is 1. The highest BCUT2D eigenvalue weighted by molar-refractivity contribution is 5.98. The maximum Gasteiger partial charge on any atom is 0.225 e. The van der Waals surface area contributed by atoms with E-state index in [1.165, 1.54) is 0 Å². The van der Waals surface area contributed by atoms with Gasteiger partial charge in [0.15, 0.2) is 0 Å². The van der Waals surface area contributed by atoms with Gasteiger partial charge < -0.3 is 14.8 Å². The van der Waals surface area contributed by atoms with E-state index < -0.39 is 5.82 Å². The van der Waals surface area contributed by atoms with Gasteiger partial charge in [0, 0.05) is 29.1 Å². The first-order valence-corrected chi connectivity index (χ1v) is 7.97. The summed E-state index contributed by atoms with van der Waals surface area (Å²) in [7, 11) is 0. The number of anilines is 1. The van der Waals surface area contributed by atoms with Crippen LogP contribution in [0.4, 0.5) is 10.3 Å². The standard InChI is InChI=1S/C18H19FN4O2/c1-2-3-7-25-22-15-10-23(11-15)18-20-8-14(9-21-18)16-6-4-5-13(12-24)17(16)19/h2,4-6,8-9,24H,1,3,7,10-12H2. The van der Waals surface area contributed by atoms with E-state index in [0.717, 1.165) is 12.1 Å². The molecule has 2 heterocycles. The first-order valence-electron chi connectivity index (χ1n) is 7.97. The Hall–Kier alpha value is -2.54. The number of nitrogens with zero attached hydrogens (tertiary/aromatic N) is 4. The largest absolute Gasteiger partial charge is 0.396 e. The van der Waals surface area contributed by atoms with E-state index in [9.17, 15) is 4.39 Å². The van der Waals surface area contributed by atoms with Crippen molar-refractivity contribution in [2.75, 3.05) is 24.6 Å². The van der Waals surface area contributed by atoms with E-state index in [1.807, 2.05) is 4.90 Å². The highest BCUT2D eigenvalue weighted by atomic mass is 19.1. The minimum Gasteiger partial charge on any atom is -0.396 e. The molecule has 1 aromatic carbocycles. The molecule has 3 rings (SSSR count). The second kappa shape index (κ2) is 8.02. The van der Waals surface area contributed by atoms with Gasteiger partial charge in [0.05, 0.1) is 25.4 Å². The topological polar surface area (TPSA) is 70.8 Å². The van der Waals surface area contributed by atoms with Crippen LogP contribution in [0.5, 0.6) is 0 Å². The third-order valence-electron chi connectivity index (χ3n) is 3.83. The molecule has 1 aliphatic heterocycles. The van der Waals surface area contributed by atoms with Gasteiger partial charge >= 0.3 is 0 Å². The van der Waals surface area contributed by atoms with Crippen LogP contribution in [-0.4, -0.2) is 40.5 Å². The maximum atomic E-state index is 14.3. The molecule has 0 aliphatic carbocycles. The van der Waals surface area contributed by atoms with Gasteiger partial charge in [-0.15, -0.1) is 0 Å². The lowest BCUT2D eigenvalue weighted by molar-refractivity contribution is 0.146. The van der Waals surface area contributed by atoms with Crippen LogP contribution in [0.3, 0.4) is 0 Å². The summed E-state index contributed by atoms with van der Waals surface area (Å²) in [6.45, 7) is 5.02. The van der Waals surface area contributed by atoms with Gasteiger partial charge in [0.2, 0.25) is 5.95 Å². The minimum absolute atomic E-state index is 0.252. The summed E-state index contributed by atoms with van der Waals surface area (Å²) in [6.07, 6.45) is 5.70. The van der Waals surface area contributed by atoms with E-state index in [0.29, 0.717) is 36.8 Å². The van der Waals surface area contributed by atoms with Crippen LogP contribution < -0.4 is 4.90 Å². The molecule has 1 saturated heterocycles. The Labute approximate surface area is 146 Å². The average Bonchev–Trinajstić information content (AvgIpc) is 2.61. The first kappa shape index (κ1) is 17.3. The average molecular weight is 342 g/mol. The number of aromatic nitrogens is 2. The van der Waals surface area contributed by atoms with Crippen molar-refractivity contribution in [1.82, 2.24) is 9.97 Å². The minimum atomic E-state index is -0.448. The van der Waals surface area contributed by atoms with Crippen LogP contribution in [0, 0.1) is 19.2 Å². The molecule has 25 heavy (non-hydrogen) atoms. The summed E-state index contributed by atoms with van der Waals surface area (Å²) >= 11 is 0. The predicted octanol–water partition coefficient (Wildman–Crippen LogP) is 2.40. The van der Waals surface area contributed by atoms with Crippen molar-refractivity contribution in [2.24, 2.45) is 5.16 Å². The fraction of sp³-hybridized carbons (Fsp3) is 0.278. The molecule has 0 spiro atoms. The van der Waals surface area contributed by atoms with E-state index in [-0.39, 0.29) is 12.2 Å². The predicted molar refractivity (Wildman–Crippen MR) is 93.2 cm³/mol. The Bertz CT molecular complexity index is 741. The zero-order valence-electron chi connectivity index (χ0n) is 13.7. The number of aliphatic hydroxyl groups is 1. The molecule has 0 atom stereocenters. The Balaban J connectivity index is 1.63. The van der Waals surface area contributed by atoms with Crippen LogP contribution in [0.25, 0.3) is 11.1 Å². The van der Waals surface area contributed by atoms with Crippen LogP contribution in [-0.2, 0) is 11.4 Å². The van der Waals surface area contributed by atoms with E-state index >= 15 is 0 Å². The molecule has 0 amide bonds. The molecule has 2 aromatic rings. The van der Waals surface area contributed by atoms with Crippen molar-refractivity contribution in [3.05, 3.63) is 55.3 Å². The molecule has 0 bridgehead atoms. The van der Waals surface area contributed by atoms with Gasteiger partial charge in [0.25, 0.3) is 0 Å². The van der Waals surface area contributed by atoms with Gasteiger partial charge in [0.1, 0.15) is 12.4 Å². The number of halogens is 1. The summed E-state index contributed by atoms with van der Waals surface area (Å²) in [4.78, 5) is 15.7. The smallest absolute Gasteiger partial charge is 0.225 e. The van der Waals surface area contributed by atoms with E-state index in [2.05, 4.69) is 22.0 Å². The summed E-state index contributed by atoms with van der Waals surface area (Å²) in [5.41, 5.74) is 2.12. The summed E-state index contributed by atoms with van der Waals surface area (Å²) in [5, 5.41) is 13.2. The van der Waals surface area contributed by atoms with E-state index in [1.54, 1.807) is 37.0 Å². The molecule has 1 aliphatic rings. The van der Waals surface area contributed by atoms with Gasteiger partial charge in [-0.2, -0.15) is 0 Å². The molecule has 130 valence electrons. The lowest BCUT2D eigenvalue weighted by atomic mass is 10.1. The number of rotatable bonds is 7. The Morgan fingerprint density at radius 1 is 1.32 bits per heavy atom. The third kappa shape index (κ3) is 3.93. The highest BCUT2D eigenvalue weighted by Crippen LogP contribution is 2.25. The number of hydrogen-bond acceptors (Lipinski definition) is 6. The number of oxime groups is 1. The number of hydrogen-bond donors (Lipinski definition) is 1. The molecule has 0 saturated carbocycles. The SMILES string of the molecule is [CH2][CH]CCON=C1CN(c2ncc(-c3cccc(CO)c3F)cn2)C1. The molecule has 6 nitrogen and oxygen atoms in total. The van der Waals surface area contributed by atoms with Gasteiger partial charge in [-0.25, -0.2) is 14.4 Å². The Kier molecular flexibility index (Phi) is 5.55. The van der Waals surface area contributed by atoms with Crippen molar-refractivity contribution in [1.29, 1.82) is 0 Å². The van der Waals surface area contributed by atoms with Gasteiger partial charge in [-0.1, -0.05) is 23.4 Å². The molecular weight excluding hydrogens is 323 g/mol. The van der Waals surface area contributed by atoms with Gasteiger partial charge in [-0.05, 0) is 19.8 Å². The van der Waals surface area contributed by atoms with Crippen LogP contribution in [0.2, 0.25) is 0 Å². The molecule has 1 aromatic heterocycles. The van der Waals surface area contributed by atoms with Crippen molar-refractivity contribution in [2.45, 2.75) is 13.0 Å². The van der Waals surface area contributed by atoms with E-state index in [4.69, 9.17) is 9.94 Å². The lowest BCUT2D eigenvalue weighted by Crippen LogP contribution is -2.48. The zero-order valence-corrected chi connectivity index (χ0v) is 13.7. The van der Waals surface area contributed by atoms with Crippen molar-refractivity contribution < 1.29 is 14.3 Å². The fourth-order valence-corrected chi connectivity index (χ4v) is 2.41. The zero-order chi connectivity index (χ0) is 17.6. The maximum absolute atomic E-state index is 14.3. The molecule has 2 radical (unpaired) electrons. The summed E-state index contributed by atoms with van der Waals surface area (Å²) < 4.78 is 14.3. The summed E-state index contributed by atoms with van der Waals surface area (Å²) in [5.74, 6) is 0.115. The number of benzene rings is 1. The molecule has 7 heteroatoms. The Morgan fingerprint density at radius 3 is 2.76 bits per heavy atom. The third-order valence-corrected chi connectivity index (χ3v) is 3.83. The highest BCUT2D eigenvalue weighted by Gasteiger charge is 2.25. The fourth-order valence-electron chi connectivity index (χ4n) is 2.41. The second-order valence-electron chi connectivity index (χ2n) is 5.63.